The number of nitrogens with zero attached hydrogens (tertiary/aromatic N) is 1. The van der Waals surface area contributed by atoms with Crippen molar-refractivity contribution in [3.63, 3.8) is 0 Å². The fourth-order valence-corrected chi connectivity index (χ4v) is 3.98. The molecule has 1 aromatic carbocycles. The molecule has 0 aromatic heterocycles. The third-order valence-corrected chi connectivity index (χ3v) is 6.05. The Hall–Kier alpha value is -1.34. The van der Waals surface area contributed by atoms with Crippen LogP contribution in [-0.2, 0) is 9.84 Å². The van der Waals surface area contributed by atoms with Crippen molar-refractivity contribution in [2.75, 3.05) is 0 Å². The van der Waals surface area contributed by atoms with Crippen molar-refractivity contribution >= 4 is 9.84 Å². The Morgan fingerprint density at radius 3 is 2.12 bits per heavy atom. The van der Waals surface area contributed by atoms with Gasteiger partial charge in [0.25, 0.3) is 0 Å². The quantitative estimate of drug-likeness (QED) is 0.809. The van der Waals surface area contributed by atoms with Gasteiger partial charge in [0.15, 0.2) is 14.6 Å². The van der Waals surface area contributed by atoms with Crippen LogP contribution in [-0.4, -0.2) is 13.2 Å². The van der Waals surface area contributed by atoms with Gasteiger partial charge in [-0.25, -0.2) is 8.42 Å². The van der Waals surface area contributed by atoms with Crippen LogP contribution in [0.15, 0.2) is 17.0 Å². The fraction of sp³-hybridized carbons (Fsp3) is 0.462. The van der Waals surface area contributed by atoms with Crippen molar-refractivity contribution in [2.45, 2.75) is 43.3 Å². The average molecular weight is 249 g/mol. The first-order valence-corrected chi connectivity index (χ1v) is 7.06. The average Bonchev–Trinajstić information content (AvgIpc) is 3.04. The minimum atomic E-state index is -3.51. The molecule has 1 aliphatic rings. The second-order valence-corrected chi connectivity index (χ2v) is 7.04. The maximum absolute atomic E-state index is 12.4. The van der Waals surface area contributed by atoms with Crippen molar-refractivity contribution in [3.05, 3.63) is 28.8 Å². The fourth-order valence-electron chi connectivity index (χ4n) is 1.99. The summed E-state index contributed by atoms with van der Waals surface area (Å²) in [5.41, 5.74) is 2.75. The molecule has 17 heavy (non-hydrogen) atoms. The van der Waals surface area contributed by atoms with Crippen molar-refractivity contribution in [3.8, 4) is 6.07 Å². The smallest absolute Gasteiger partial charge is 0.197 e. The maximum Gasteiger partial charge on any atom is 0.197 e. The van der Waals surface area contributed by atoms with Gasteiger partial charge >= 0.3 is 0 Å². The molecule has 0 unspecified atom stereocenters. The van der Waals surface area contributed by atoms with Crippen LogP contribution in [0.3, 0.4) is 0 Å². The van der Waals surface area contributed by atoms with Crippen LogP contribution in [0.2, 0.25) is 0 Å². The van der Waals surface area contributed by atoms with E-state index in [1.165, 1.54) is 0 Å². The van der Waals surface area contributed by atoms with E-state index in [1.807, 2.05) is 26.0 Å². The second-order valence-electron chi connectivity index (χ2n) is 4.81. The summed E-state index contributed by atoms with van der Waals surface area (Å²) in [5.74, 6) is 0. The lowest BCUT2D eigenvalue weighted by Crippen LogP contribution is -2.22. The first kappa shape index (κ1) is 12.1. The molecule has 0 radical (unpaired) electrons. The largest absolute Gasteiger partial charge is 0.222 e. The van der Waals surface area contributed by atoms with E-state index in [2.05, 4.69) is 0 Å². The Labute approximate surface area is 102 Å². The van der Waals surface area contributed by atoms with E-state index in [0.717, 1.165) is 16.7 Å². The summed E-state index contributed by atoms with van der Waals surface area (Å²) >= 11 is 0. The summed E-state index contributed by atoms with van der Waals surface area (Å²) in [7, 11) is -3.51. The van der Waals surface area contributed by atoms with Crippen LogP contribution in [0.1, 0.15) is 29.5 Å². The first-order valence-electron chi connectivity index (χ1n) is 5.58. The van der Waals surface area contributed by atoms with Gasteiger partial charge in [0.05, 0.1) is 11.0 Å². The summed E-state index contributed by atoms with van der Waals surface area (Å²) in [6, 6.07) is 5.53. The van der Waals surface area contributed by atoms with E-state index in [9.17, 15) is 8.42 Å². The molecule has 0 atom stereocenters. The number of hydrogen-bond acceptors (Lipinski definition) is 3. The van der Waals surface area contributed by atoms with E-state index in [1.54, 1.807) is 13.0 Å². The Morgan fingerprint density at radius 2 is 1.65 bits per heavy atom. The maximum atomic E-state index is 12.4. The Bertz CT molecular complexity index is 620. The minimum Gasteiger partial charge on any atom is -0.222 e. The lowest BCUT2D eigenvalue weighted by Gasteiger charge is -2.13. The van der Waals surface area contributed by atoms with Gasteiger partial charge in [-0.1, -0.05) is 6.07 Å². The molecule has 0 bridgehead atoms. The lowest BCUT2D eigenvalue weighted by atomic mass is 10.1. The number of aryl methyl sites for hydroxylation is 3. The molecule has 1 aliphatic carbocycles. The van der Waals surface area contributed by atoms with E-state index in [-0.39, 0.29) is 0 Å². The van der Waals surface area contributed by atoms with Crippen LogP contribution >= 0.6 is 0 Å². The zero-order valence-corrected chi connectivity index (χ0v) is 11.1. The SMILES string of the molecule is Cc1cc(C)c(S(=O)(=O)C2(C#N)CC2)cc1C. The van der Waals surface area contributed by atoms with Gasteiger partial charge in [-0.05, 0) is 56.4 Å². The standard InChI is InChI=1S/C13H15NO2S/c1-9-6-11(3)12(7-10(9)2)17(15,16)13(8-14)4-5-13/h6-7H,4-5H2,1-3H3. The highest BCUT2D eigenvalue weighted by molar-refractivity contribution is 7.93. The molecular weight excluding hydrogens is 234 g/mol. The molecule has 0 spiro atoms. The highest BCUT2D eigenvalue weighted by atomic mass is 32.2. The topological polar surface area (TPSA) is 57.9 Å². The summed E-state index contributed by atoms with van der Waals surface area (Å²) in [4.78, 5) is 0.319. The monoisotopic (exact) mass is 249 g/mol. The van der Waals surface area contributed by atoms with Crippen LogP contribution in [0.4, 0.5) is 0 Å². The molecule has 90 valence electrons. The number of hydrogen-bond donors (Lipinski definition) is 0. The third-order valence-electron chi connectivity index (χ3n) is 3.50. The number of rotatable bonds is 2. The highest BCUT2D eigenvalue weighted by Gasteiger charge is 2.56. The highest BCUT2D eigenvalue weighted by Crippen LogP contribution is 2.46. The third kappa shape index (κ3) is 1.66. The summed E-state index contributed by atoms with van der Waals surface area (Å²) in [5, 5.41) is 9.04. The van der Waals surface area contributed by atoms with Crippen molar-refractivity contribution in [1.29, 1.82) is 5.26 Å². The Morgan fingerprint density at radius 1 is 1.12 bits per heavy atom. The van der Waals surface area contributed by atoms with Gasteiger partial charge in [0, 0.05) is 0 Å². The Balaban J connectivity index is 2.64. The first-order chi connectivity index (χ1) is 7.84. The second kappa shape index (κ2) is 3.58. The van der Waals surface area contributed by atoms with Gasteiger partial charge < -0.3 is 0 Å². The van der Waals surface area contributed by atoms with Crippen LogP contribution in [0, 0.1) is 32.1 Å². The van der Waals surface area contributed by atoms with Crippen molar-refractivity contribution in [2.24, 2.45) is 0 Å². The molecule has 0 heterocycles. The predicted molar refractivity (Wildman–Crippen MR) is 65.4 cm³/mol. The molecule has 0 amide bonds. The van der Waals surface area contributed by atoms with Crippen LogP contribution in [0.25, 0.3) is 0 Å². The minimum absolute atomic E-state index is 0.319. The lowest BCUT2D eigenvalue weighted by molar-refractivity contribution is 0.587. The summed E-state index contributed by atoms with van der Waals surface area (Å²) in [6.45, 7) is 5.63. The van der Waals surface area contributed by atoms with Gasteiger partial charge in [-0.3, -0.25) is 0 Å². The van der Waals surface area contributed by atoms with E-state index < -0.39 is 14.6 Å². The number of sulfone groups is 1. The van der Waals surface area contributed by atoms with Gasteiger partial charge in [-0.15, -0.1) is 0 Å². The molecule has 1 aromatic rings. The van der Waals surface area contributed by atoms with Crippen molar-refractivity contribution in [1.82, 2.24) is 0 Å². The van der Waals surface area contributed by atoms with E-state index in [4.69, 9.17) is 5.26 Å². The van der Waals surface area contributed by atoms with Crippen molar-refractivity contribution < 1.29 is 8.42 Å². The van der Waals surface area contributed by atoms with Crippen LogP contribution in [0.5, 0.6) is 0 Å². The molecule has 0 aliphatic heterocycles. The van der Waals surface area contributed by atoms with E-state index in [0.29, 0.717) is 17.7 Å². The number of benzene rings is 1. The zero-order valence-electron chi connectivity index (χ0n) is 10.2. The normalized spacial score (nSPS) is 17.5. The van der Waals surface area contributed by atoms with Gasteiger partial charge in [-0.2, -0.15) is 5.26 Å². The van der Waals surface area contributed by atoms with Gasteiger partial charge in [0.2, 0.25) is 0 Å². The summed E-state index contributed by atoms with van der Waals surface area (Å²) < 4.78 is 23.7. The van der Waals surface area contributed by atoms with E-state index >= 15 is 0 Å². The molecule has 2 rings (SSSR count). The molecule has 0 saturated heterocycles. The Kier molecular flexibility index (Phi) is 2.55. The van der Waals surface area contributed by atoms with Crippen LogP contribution < -0.4 is 0 Å². The van der Waals surface area contributed by atoms with Gasteiger partial charge in [0.1, 0.15) is 0 Å². The molecule has 1 fully saturated rings. The molecule has 1 saturated carbocycles. The molecule has 3 nitrogen and oxygen atoms in total. The molecule has 4 heteroatoms. The predicted octanol–water partition coefficient (Wildman–Crippen LogP) is 2.44. The molecule has 0 N–H and O–H groups in total. The zero-order chi connectivity index (χ0) is 12.8. The number of nitriles is 1. The summed E-state index contributed by atoms with van der Waals surface area (Å²) in [6.07, 6.45) is 0.913. The molecular formula is C13H15NO2S.